The maximum Gasteiger partial charge on any atom is 0.241 e. The summed E-state index contributed by atoms with van der Waals surface area (Å²) in [6.07, 6.45) is 1.04. The molecule has 19 heavy (non-hydrogen) atoms. The van der Waals surface area contributed by atoms with Crippen LogP contribution in [0.3, 0.4) is 0 Å². The number of ether oxygens (including phenoxy) is 2. The minimum Gasteiger partial charge on any atom is -0.486 e. The van der Waals surface area contributed by atoms with E-state index in [4.69, 9.17) is 9.47 Å². The number of hydrogen-bond acceptors (Lipinski definition) is 4. The van der Waals surface area contributed by atoms with E-state index in [1.807, 2.05) is 18.2 Å². The molecule has 2 unspecified atom stereocenters. The van der Waals surface area contributed by atoms with Crippen molar-refractivity contribution in [3.05, 3.63) is 18.2 Å². The summed E-state index contributed by atoms with van der Waals surface area (Å²) in [7, 11) is 0. The lowest BCUT2D eigenvalue weighted by Gasteiger charge is -2.20. The molecule has 2 N–H and O–H groups in total. The molecule has 5 nitrogen and oxygen atoms in total. The van der Waals surface area contributed by atoms with Gasteiger partial charge in [-0.15, -0.1) is 0 Å². The first kappa shape index (κ1) is 12.3. The molecule has 2 aliphatic rings. The first-order chi connectivity index (χ1) is 9.24. The van der Waals surface area contributed by atoms with Crippen LogP contribution in [0, 0.1) is 5.92 Å². The molecule has 102 valence electrons. The predicted octanol–water partition coefficient (Wildman–Crippen LogP) is 1.39. The molecule has 1 aromatic carbocycles. The van der Waals surface area contributed by atoms with Gasteiger partial charge in [-0.2, -0.15) is 0 Å². The molecule has 0 spiro atoms. The molecule has 3 rings (SSSR count). The number of amides is 1. The fourth-order valence-electron chi connectivity index (χ4n) is 2.53. The van der Waals surface area contributed by atoms with Crippen molar-refractivity contribution in [1.82, 2.24) is 5.32 Å². The molecule has 1 amide bonds. The maximum atomic E-state index is 12.1. The second kappa shape index (κ2) is 5.09. The van der Waals surface area contributed by atoms with Gasteiger partial charge in [0.05, 0.1) is 6.04 Å². The minimum atomic E-state index is -0.104. The molecule has 0 bridgehead atoms. The molecular formula is C14H18N2O3. The highest BCUT2D eigenvalue weighted by Crippen LogP contribution is 2.32. The molecule has 0 radical (unpaired) electrons. The Kier molecular flexibility index (Phi) is 3.29. The normalized spacial score (nSPS) is 25.1. The van der Waals surface area contributed by atoms with Crippen molar-refractivity contribution in [2.45, 2.75) is 19.4 Å². The summed E-state index contributed by atoms with van der Waals surface area (Å²) >= 11 is 0. The van der Waals surface area contributed by atoms with Crippen LogP contribution in [-0.4, -0.2) is 31.7 Å². The van der Waals surface area contributed by atoms with Gasteiger partial charge in [0.15, 0.2) is 11.5 Å². The lowest BCUT2D eigenvalue weighted by molar-refractivity contribution is -0.118. The van der Waals surface area contributed by atoms with Gasteiger partial charge in [0.25, 0.3) is 0 Å². The Balaban J connectivity index is 1.71. The van der Waals surface area contributed by atoms with Gasteiger partial charge in [-0.1, -0.05) is 6.92 Å². The summed E-state index contributed by atoms with van der Waals surface area (Å²) < 4.78 is 11.0. The average molecular weight is 262 g/mol. The Morgan fingerprint density at radius 2 is 2.11 bits per heavy atom. The SMILES string of the molecule is CC1CCNC1C(=O)Nc1ccc2c(c1)OCCO2. The van der Waals surface area contributed by atoms with Crippen LogP contribution in [0.4, 0.5) is 5.69 Å². The van der Waals surface area contributed by atoms with E-state index in [9.17, 15) is 4.79 Å². The van der Waals surface area contributed by atoms with E-state index in [1.165, 1.54) is 0 Å². The molecule has 2 aliphatic heterocycles. The van der Waals surface area contributed by atoms with Gasteiger partial charge in [-0.05, 0) is 31.0 Å². The van der Waals surface area contributed by atoms with Crippen LogP contribution in [-0.2, 0) is 4.79 Å². The molecule has 2 heterocycles. The first-order valence-corrected chi connectivity index (χ1v) is 6.68. The van der Waals surface area contributed by atoms with Gasteiger partial charge in [-0.25, -0.2) is 0 Å². The number of benzene rings is 1. The van der Waals surface area contributed by atoms with Crippen LogP contribution >= 0.6 is 0 Å². The molecule has 0 saturated carbocycles. The van der Waals surface area contributed by atoms with Crippen molar-refractivity contribution < 1.29 is 14.3 Å². The van der Waals surface area contributed by atoms with E-state index < -0.39 is 0 Å². The van der Waals surface area contributed by atoms with Crippen molar-refractivity contribution in [1.29, 1.82) is 0 Å². The van der Waals surface area contributed by atoms with Crippen molar-refractivity contribution in [2.75, 3.05) is 25.1 Å². The van der Waals surface area contributed by atoms with Crippen LogP contribution in [0.25, 0.3) is 0 Å². The number of fused-ring (bicyclic) bond motifs is 1. The fraction of sp³-hybridized carbons (Fsp3) is 0.500. The molecule has 0 aromatic heterocycles. The number of rotatable bonds is 2. The van der Waals surface area contributed by atoms with Crippen LogP contribution in [0.5, 0.6) is 11.5 Å². The fourth-order valence-corrected chi connectivity index (χ4v) is 2.53. The van der Waals surface area contributed by atoms with E-state index >= 15 is 0 Å². The Labute approximate surface area is 112 Å². The summed E-state index contributed by atoms with van der Waals surface area (Å²) in [6, 6.07) is 5.38. The monoisotopic (exact) mass is 262 g/mol. The summed E-state index contributed by atoms with van der Waals surface area (Å²) in [5, 5.41) is 6.15. The highest BCUT2D eigenvalue weighted by molar-refractivity contribution is 5.95. The molecule has 1 fully saturated rings. The van der Waals surface area contributed by atoms with Crippen molar-refractivity contribution in [3.8, 4) is 11.5 Å². The zero-order valence-corrected chi connectivity index (χ0v) is 10.9. The van der Waals surface area contributed by atoms with Gasteiger partial charge < -0.3 is 20.1 Å². The third-order valence-electron chi connectivity index (χ3n) is 3.63. The molecule has 5 heteroatoms. The third-order valence-corrected chi connectivity index (χ3v) is 3.63. The van der Waals surface area contributed by atoms with Crippen LogP contribution < -0.4 is 20.1 Å². The Hall–Kier alpha value is -1.75. The highest BCUT2D eigenvalue weighted by Gasteiger charge is 2.29. The number of carbonyl (C=O) groups excluding carboxylic acids is 1. The Bertz CT molecular complexity index is 490. The second-order valence-corrected chi connectivity index (χ2v) is 5.05. The Morgan fingerprint density at radius 3 is 2.84 bits per heavy atom. The summed E-state index contributed by atoms with van der Waals surface area (Å²) in [5.41, 5.74) is 0.746. The predicted molar refractivity (Wildman–Crippen MR) is 71.6 cm³/mol. The number of hydrogen-bond donors (Lipinski definition) is 2. The standard InChI is InChI=1S/C14H18N2O3/c1-9-4-5-15-13(9)14(17)16-10-2-3-11-12(8-10)19-7-6-18-11/h2-3,8-9,13,15H,4-7H2,1H3,(H,16,17). The highest BCUT2D eigenvalue weighted by atomic mass is 16.6. The smallest absolute Gasteiger partial charge is 0.241 e. The van der Waals surface area contributed by atoms with Gasteiger partial charge in [-0.3, -0.25) is 4.79 Å². The zero-order chi connectivity index (χ0) is 13.2. The van der Waals surface area contributed by atoms with Crippen LogP contribution in [0.1, 0.15) is 13.3 Å². The van der Waals surface area contributed by atoms with Gasteiger partial charge in [0, 0.05) is 11.8 Å². The quantitative estimate of drug-likeness (QED) is 0.845. The maximum absolute atomic E-state index is 12.1. The molecule has 1 saturated heterocycles. The lowest BCUT2D eigenvalue weighted by atomic mass is 10.0. The van der Waals surface area contributed by atoms with Gasteiger partial charge in [0.2, 0.25) is 5.91 Å². The summed E-state index contributed by atoms with van der Waals surface area (Å²) in [4.78, 5) is 12.1. The second-order valence-electron chi connectivity index (χ2n) is 5.05. The zero-order valence-electron chi connectivity index (χ0n) is 10.9. The number of nitrogens with one attached hydrogen (secondary N) is 2. The number of anilines is 1. The van der Waals surface area contributed by atoms with Crippen LogP contribution in [0.2, 0.25) is 0 Å². The van der Waals surface area contributed by atoms with Gasteiger partial charge >= 0.3 is 0 Å². The lowest BCUT2D eigenvalue weighted by Crippen LogP contribution is -2.39. The molecule has 0 aliphatic carbocycles. The molecule has 1 aromatic rings. The largest absolute Gasteiger partial charge is 0.486 e. The Morgan fingerprint density at radius 1 is 1.32 bits per heavy atom. The van der Waals surface area contributed by atoms with E-state index in [1.54, 1.807) is 0 Å². The van der Waals surface area contributed by atoms with E-state index in [0.717, 1.165) is 24.4 Å². The van der Waals surface area contributed by atoms with Crippen LogP contribution in [0.15, 0.2) is 18.2 Å². The third kappa shape index (κ3) is 2.51. The average Bonchev–Trinajstić information content (AvgIpc) is 2.85. The van der Waals surface area contributed by atoms with Crippen molar-refractivity contribution >= 4 is 11.6 Å². The topological polar surface area (TPSA) is 59.6 Å². The van der Waals surface area contributed by atoms with Crippen molar-refractivity contribution in [3.63, 3.8) is 0 Å². The molecular weight excluding hydrogens is 244 g/mol. The van der Waals surface area contributed by atoms with E-state index in [2.05, 4.69) is 17.6 Å². The van der Waals surface area contributed by atoms with Gasteiger partial charge in [0.1, 0.15) is 13.2 Å². The summed E-state index contributed by atoms with van der Waals surface area (Å²) in [5.74, 6) is 1.81. The molecule has 2 atom stereocenters. The summed E-state index contributed by atoms with van der Waals surface area (Å²) in [6.45, 7) is 4.11. The van der Waals surface area contributed by atoms with E-state index in [-0.39, 0.29) is 11.9 Å². The van der Waals surface area contributed by atoms with Crippen molar-refractivity contribution in [2.24, 2.45) is 5.92 Å². The minimum absolute atomic E-state index is 0.0154. The van der Waals surface area contributed by atoms with E-state index in [0.29, 0.717) is 24.9 Å². The number of carbonyl (C=O) groups is 1. The first-order valence-electron chi connectivity index (χ1n) is 6.68.